The molecule has 0 amide bonds. The smallest absolute Gasteiger partial charge is 0.204 e. The number of amidine groups is 1. The lowest BCUT2D eigenvalue weighted by Crippen LogP contribution is -2.32. The zero-order valence-electron chi connectivity index (χ0n) is 8.75. The van der Waals surface area contributed by atoms with Crippen molar-refractivity contribution in [3.8, 4) is 0 Å². The molecule has 3 rings (SSSR count). The van der Waals surface area contributed by atoms with Gasteiger partial charge in [0.1, 0.15) is 5.84 Å². The number of tetrazole rings is 1. The average Bonchev–Trinajstić information content (AvgIpc) is 2.82. The molecule has 0 spiro atoms. The summed E-state index contributed by atoms with van der Waals surface area (Å²) < 4.78 is 0. The van der Waals surface area contributed by atoms with Gasteiger partial charge in [-0.15, -0.1) is 10.2 Å². The van der Waals surface area contributed by atoms with Gasteiger partial charge in [-0.2, -0.15) is 5.21 Å². The van der Waals surface area contributed by atoms with Crippen molar-refractivity contribution in [2.45, 2.75) is 6.92 Å². The van der Waals surface area contributed by atoms with E-state index in [0.29, 0.717) is 5.82 Å². The molecule has 2 aliphatic rings. The molecular weight excluding hydrogens is 204 g/mol. The third-order valence-electron chi connectivity index (χ3n) is 2.55. The Morgan fingerprint density at radius 2 is 2.38 bits per heavy atom. The minimum Gasteiger partial charge on any atom is -0.328 e. The minimum absolute atomic E-state index is 0.600. The van der Waals surface area contributed by atoms with Crippen LogP contribution in [0.1, 0.15) is 12.7 Å². The van der Waals surface area contributed by atoms with E-state index in [0.717, 1.165) is 23.5 Å². The Balaban J connectivity index is 1.98. The first-order valence-corrected chi connectivity index (χ1v) is 4.97. The third-order valence-corrected chi connectivity index (χ3v) is 2.55. The SMILES string of the molecule is CC1=CC=CN2CC(c3nn[nH]n3)=CN=C12. The zero-order chi connectivity index (χ0) is 11.0. The maximum Gasteiger partial charge on any atom is 0.204 e. The summed E-state index contributed by atoms with van der Waals surface area (Å²) in [5, 5.41) is 13.9. The summed E-state index contributed by atoms with van der Waals surface area (Å²) in [6.45, 7) is 2.77. The third kappa shape index (κ3) is 1.35. The molecule has 0 atom stereocenters. The van der Waals surface area contributed by atoms with Crippen molar-refractivity contribution in [2.24, 2.45) is 4.99 Å². The quantitative estimate of drug-likeness (QED) is 0.748. The summed E-state index contributed by atoms with van der Waals surface area (Å²) in [5.74, 6) is 1.58. The topological polar surface area (TPSA) is 70.1 Å². The first-order chi connectivity index (χ1) is 7.84. The maximum absolute atomic E-state index is 4.41. The fraction of sp³-hybridized carbons (Fsp3) is 0.200. The normalized spacial score (nSPS) is 18.8. The van der Waals surface area contributed by atoms with E-state index in [-0.39, 0.29) is 0 Å². The molecule has 6 nitrogen and oxygen atoms in total. The van der Waals surface area contributed by atoms with E-state index in [4.69, 9.17) is 0 Å². The summed E-state index contributed by atoms with van der Waals surface area (Å²) in [6, 6.07) is 0. The van der Waals surface area contributed by atoms with Crippen molar-refractivity contribution in [3.05, 3.63) is 35.9 Å². The molecule has 2 aliphatic heterocycles. The van der Waals surface area contributed by atoms with E-state index in [1.807, 2.05) is 25.3 Å². The van der Waals surface area contributed by atoms with E-state index in [9.17, 15) is 0 Å². The number of aromatic nitrogens is 4. The van der Waals surface area contributed by atoms with Crippen molar-refractivity contribution >= 4 is 11.4 Å². The number of fused-ring (bicyclic) bond motifs is 1. The fourth-order valence-corrected chi connectivity index (χ4v) is 1.76. The number of aromatic amines is 1. The fourth-order valence-electron chi connectivity index (χ4n) is 1.76. The van der Waals surface area contributed by atoms with Gasteiger partial charge in [0.25, 0.3) is 0 Å². The predicted octanol–water partition coefficient (Wildman–Crippen LogP) is 0.728. The Morgan fingerprint density at radius 3 is 3.19 bits per heavy atom. The second kappa shape index (κ2) is 3.41. The van der Waals surface area contributed by atoms with E-state index in [1.165, 1.54) is 0 Å². The molecule has 80 valence electrons. The summed E-state index contributed by atoms with van der Waals surface area (Å²) in [4.78, 5) is 6.48. The predicted molar refractivity (Wildman–Crippen MR) is 59.2 cm³/mol. The van der Waals surface area contributed by atoms with E-state index >= 15 is 0 Å². The van der Waals surface area contributed by atoms with Crippen LogP contribution in [-0.2, 0) is 0 Å². The summed E-state index contributed by atoms with van der Waals surface area (Å²) in [5.41, 5.74) is 2.11. The van der Waals surface area contributed by atoms with Gasteiger partial charge >= 0.3 is 0 Å². The number of nitrogens with zero attached hydrogens (tertiary/aromatic N) is 5. The van der Waals surface area contributed by atoms with Gasteiger partial charge in [0.2, 0.25) is 5.82 Å². The zero-order valence-corrected chi connectivity index (χ0v) is 8.75. The lowest BCUT2D eigenvalue weighted by atomic mass is 10.1. The van der Waals surface area contributed by atoms with Gasteiger partial charge in [0, 0.05) is 18.0 Å². The molecule has 1 aromatic rings. The van der Waals surface area contributed by atoms with Crippen LogP contribution in [0.4, 0.5) is 0 Å². The highest BCUT2D eigenvalue weighted by Gasteiger charge is 2.20. The summed E-state index contributed by atoms with van der Waals surface area (Å²) in [7, 11) is 0. The van der Waals surface area contributed by atoms with Crippen LogP contribution in [0.3, 0.4) is 0 Å². The van der Waals surface area contributed by atoms with E-state index in [2.05, 4.69) is 30.5 Å². The molecule has 0 bridgehead atoms. The molecule has 0 radical (unpaired) electrons. The molecule has 0 aliphatic carbocycles. The molecule has 1 aromatic heterocycles. The Hall–Kier alpha value is -2.24. The minimum atomic E-state index is 0.600. The molecule has 1 N–H and O–H groups in total. The molecule has 0 saturated heterocycles. The average molecular weight is 214 g/mol. The number of hydrogen-bond donors (Lipinski definition) is 1. The number of H-pyrrole nitrogens is 1. The standard InChI is InChI=1S/C10H10N6/c1-7-3-2-4-16-6-8(5-11-10(7)16)9-12-14-15-13-9/h2-5H,6H2,1H3,(H,12,13,14,15). The highest BCUT2D eigenvalue weighted by atomic mass is 15.5. The second-order valence-electron chi connectivity index (χ2n) is 3.66. The van der Waals surface area contributed by atoms with Gasteiger partial charge in [-0.3, -0.25) is 0 Å². The van der Waals surface area contributed by atoms with Gasteiger partial charge in [0.05, 0.1) is 6.54 Å². The Morgan fingerprint density at radius 1 is 1.44 bits per heavy atom. The summed E-state index contributed by atoms with van der Waals surface area (Å²) >= 11 is 0. The van der Waals surface area contributed by atoms with Crippen molar-refractivity contribution in [1.29, 1.82) is 0 Å². The van der Waals surface area contributed by atoms with Gasteiger partial charge in [-0.05, 0) is 23.8 Å². The van der Waals surface area contributed by atoms with Crippen LogP contribution in [0.5, 0.6) is 0 Å². The lowest BCUT2D eigenvalue weighted by molar-refractivity contribution is 0.616. The first kappa shape index (κ1) is 9.02. The molecule has 6 heteroatoms. The van der Waals surface area contributed by atoms with Gasteiger partial charge < -0.3 is 4.90 Å². The maximum atomic E-state index is 4.41. The van der Waals surface area contributed by atoms with Crippen LogP contribution >= 0.6 is 0 Å². The second-order valence-corrected chi connectivity index (χ2v) is 3.66. The number of allylic oxidation sites excluding steroid dienone is 2. The summed E-state index contributed by atoms with van der Waals surface area (Å²) in [6.07, 6.45) is 7.85. The molecule has 3 heterocycles. The molecule has 0 aromatic carbocycles. The highest BCUT2D eigenvalue weighted by molar-refractivity contribution is 6.02. The van der Waals surface area contributed by atoms with Crippen LogP contribution in [0.25, 0.3) is 5.57 Å². The van der Waals surface area contributed by atoms with Crippen LogP contribution in [0.15, 0.2) is 35.1 Å². The van der Waals surface area contributed by atoms with Crippen LogP contribution < -0.4 is 0 Å². The van der Waals surface area contributed by atoms with Crippen molar-refractivity contribution in [3.63, 3.8) is 0 Å². The Kier molecular flexibility index (Phi) is 1.92. The van der Waals surface area contributed by atoms with E-state index in [1.54, 1.807) is 6.20 Å². The molecule has 0 saturated carbocycles. The Labute approximate surface area is 92.1 Å². The number of rotatable bonds is 1. The van der Waals surface area contributed by atoms with Gasteiger partial charge in [-0.25, -0.2) is 4.99 Å². The van der Waals surface area contributed by atoms with Crippen molar-refractivity contribution in [2.75, 3.05) is 6.54 Å². The van der Waals surface area contributed by atoms with Crippen molar-refractivity contribution in [1.82, 2.24) is 25.5 Å². The van der Waals surface area contributed by atoms with E-state index < -0.39 is 0 Å². The number of hydrogen-bond acceptors (Lipinski definition) is 5. The first-order valence-electron chi connectivity index (χ1n) is 4.97. The van der Waals surface area contributed by atoms with Crippen LogP contribution in [0.2, 0.25) is 0 Å². The molecule has 0 unspecified atom stereocenters. The van der Waals surface area contributed by atoms with Crippen LogP contribution in [0, 0.1) is 0 Å². The molecule has 16 heavy (non-hydrogen) atoms. The largest absolute Gasteiger partial charge is 0.328 e. The molecular formula is C10H10N6. The highest BCUT2D eigenvalue weighted by Crippen LogP contribution is 2.21. The molecule has 0 fully saturated rings. The Bertz CT molecular complexity index is 520. The van der Waals surface area contributed by atoms with Crippen LogP contribution in [-0.4, -0.2) is 37.9 Å². The number of aliphatic imine (C=N–C) groups is 1. The monoisotopic (exact) mass is 214 g/mol. The van der Waals surface area contributed by atoms with Gasteiger partial charge in [-0.1, -0.05) is 6.08 Å². The van der Waals surface area contributed by atoms with Gasteiger partial charge in [0.15, 0.2) is 0 Å². The number of nitrogens with one attached hydrogen (secondary N) is 1. The van der Waals surface area contributed by atoms with Crippen molar-refractivity contribution < 1.29 is 0 Å². The lowest BCUT2D eigenvalue weighted by Gasteiger charge is -2.27.